The summed E-state index contributed by atoms with van der Waals surface area (Å²) in [5, 5.41) is 15.5. The Bertz CT molecular complexity index is 863. The van der Waals surface area contributed by atoms with Crippen molar-refractivity contribution in [3.8, 4) is 5.75 Å². The summed E-state index contributed by atoms with van der Waals surface area (Å²) < 4.78 is 10.9. The summed E-state index contributed by atoms with van der Waals surface area (Å²) in [6, 6.07) is 12.4. The summed E-state index contributed by atoms with van der Waals surface area (Å²) in [6.07, 6.45) is 0. The van der Waals surface area contributed by atoms with E-state index in [9.17, 15) is 10.1 Å². The number of para-hydroxylation sites is 2. The average Bonchev–Trinajstić information content (AvgIpc) is 2.73. The summed E-state index contributed by atoms with van der Waals surface area (Å²) in [5.74, 6) is 0.849. The van der Waals surface area contributed by atoms with E-state index in [0.29, 0.717) is 5.69 Å². The third kappa shape index (κ3) is 4.85. The van der Waals surface area contributed by atoms with Crippen LogP contribution in [0.5, 0.6) is 5.75 Å². The highest BCUT2D eigenvalue weighted by Crippen LogP contribution is 2.24. The fraction of sp³-hybridized carbons (Fsp3) is 0.350. The van der Waals surface area contributed by atoms with Crippen molar-refractivity contribution in [1.29, 1.82) is 0 Å². The van der Waals surface area contributed by atoms with Crippen molar-refractivity contribution in [1.82, 2.24) is 0 Å². The number of hydrogen-bond acceptors (Lipinski definition) is 6. The Kier molecular flexibility index (Phi) is 6.57. The summed E-state index contributed by atoms with van der Waals surface area (Å²) in [6.45, 7) is 6.22. The van der Waals surface area contributed by atoms with Crippen LogP contribution in [0.15, 0.2) is 47.6 Å². The molecule has 0 amide bonds. The van der Waals surface area contributed by atoms with Crippen LogP contribution < -0.4 is 15.1 Å². The lowest BCUT2D eigenvalue weighted by atomic mass is 10.1. The topological polar surface area (TPSA) is 90.4 Å². The van der Waals surface area contributed by atoms with E-state index in [1.807, 2.05) is 19.1 Å². The Morgan fingerprint density at radius 1 is 1.29 bits per heavy atom. The van der Waals surface area contributed by atoms with Crippen molar-refractivity contribution < 1.29 is 19.3 Å². The van der Waals surface area contributed by atoms with E-state index in [4.69, 9.17) is 9.47 Å². The second kappa shape index (κ2) is 9.29. The smallest absolute Gasteiger partial charge is 0.294 e. The van der Waals surface area contributed by atoms with Crippen LogP contribution in [-0.2, 0) is 11.3 Å². The molecule has 1 saturated heterocycles. The van der Waals surface area contributed by atoms with Gasteiger partial charge in [0.1, 0.15) is 31.1 Å². The van der Waals surface area contributed by atoms with E-state index in [2.05, 4.69) is 16.6 Å². The van der Waals surface area contributed by atoms with Crippen LogP contribution in [0.25, 0.3) is 0 Å². The summed E-state index contributed by atoms with van der Waals surface area (Å²) in [4.78, 5) is 12.2. The molecule has 2 aromatic carbocycles. The molecule has 2 aromatic rings. The predicted molar refractivity (Wildman–Crippen MR) is 107 cm³/mol. The van der Waals surface area contributed by atoms with Crippen molar-refractivity contribution in [3.05, 3.63) is 63.7 Å². The van der Waals surface area contributed by atoms with Gasteiger partial charge in [0.05, 0.1) is 31.0 Å². The number of rotatable bonds is 7. The molecule has 0 unspecified atom stereocenters. The maximum absolute atomic E-state index is 11.1. The van der Waals surface area contributed by atoms with Crippen LogP contribution in [0, 0.1) is 10.1 Å². The number of benzene rings is 2. The molecule has 8 heteroatoms. The fourth-order valence-corrected chi connectivity index (χ4v) is 3.18. The minimum atomic E-state index is -0.427. The minimum Gasteiger partial charge on any atom is -0.496 e. The van der Waals surface area contributed by atoms with Crippen molar-refractivity contribution >= 4 is 17.1 Å². The van der Waals surface area contributed by atoms with Gasteiger partial charge in [-0.1, -0.05) is 12.1 Å². The minimum absolute atomic E-state index is 0.00890. The van der Waals surface area contributed by atoms with Gasteiger partial charge in [0, 0.05) is 11.6 Å². The number of quaternary nitrogens is 1. The number of nitro groups is 1. The third-order valence-electron chi connectivity index (χ3n) is 4.78. The molecule has 0 saturated carbocycles. The summed E-state index contributed by atoms with van der Waals surface area (Å²) in [5.41, 5.74) is 5.95. The van der Waals surface area contributed by atoms with Gasteiger partial charge in [0.15, 0.2) is 0 Å². The van der Waals surface area contributed by atoms with E-state index < -0.39 is 4.92 Å². The van der Waals surface area contributed by atoms with Gasteiger partial charge in [-0.05, 0) is 36.8 Å². The molecule has 0 spiro atoms. The molecule has 0 aromatic heterocycles. The fourth-order valence-electron chi connectivity index (χ4n) is 3.18. The van der Waals surface area contributed by atoms with Crippen molar-refractivity contribution in [3.63, 3.8) is 0 Å². The lowest BCUT2D eigenvalue weighted by Crippen LogP contribution is -3.12. The zero-order chi connectivity index (χ0) is 19.9. The van der Waals surface area contributed by atoms with E-state index >= 15 is 0 Å². The molecule has 1 fully saturated rings. The molecule has 0 aliphatic carbocycles. The molecule has 28 heavy (non-hydrogen) atoms. The maximum Gasteiger partial charge on any atom is 0.294 e. The highest BCUT2D eigenvalue weighted by Gasteiger charge is 2.17. The largest absolute Gasteiger partial charge is 0.496 e. The summed E-state index contributed by atoms with van der Waals surface area (Å²) >= 11 is 0. The number of hydrogen-bond donors (Lipinski definition) is 2. The van der Waals surface area contributed by atoms with Crippen LogP contribution >= 0.6 is 0 Å². The summed E-state index contributed by atoms with van der Waals surface area (Å²) in [7, 11) is 1.67. The van der Waals surface area contributed by atoms with E-state index in [1.54, 1.807) is 25.3 Å². The Morgan fingerprint density at radius 2 is 2.04 bits per heavy atom. The highest BCUT2D eigenvalue weighted by molar-refractivity contribution is 5.99. The number of morpholine rings is 1. The number of anilines is 1. The van der Waals surface area contributed by atoms with Crippen molar-refractivity contribution in [2.45, 2.75) is 13.5 Å². The standard InChI is InChI=1S/C20H24N4O4/c1-15(21-22-18-5-3-4-6-19(18)24(25)26)16-7-8-20(27-2)17(13-16)14-23-9-11-28-12-10-23/h3-8,13,22H,9-12,14H2,1-2H3/p+1/b21-15-. The number of ether oxygens (including phenoxy) is 2. The maximum atomic E-state index is 11.1. The first-order valence-electron chi connectivity index (χ1n) is 9.21. The number of nitro benzene ring substituents is 1. The van der Waals surface area contributed by atoms with Crippen molar-refractivity contribution in [2.24, 2.45) is 5.10 Å². The number of methoxy groups -OCH3 is 1. The van der Waals surface area contributed by atoms with Gasteiger partial charge in [-0.3, -0.25) is 15.5 Å². The lowest BCUT2D eigenvalue weighted by Gasteiger charge is -2.24. The molecule has 1 aliphatic rings. The molecule has 1 heterocycles. The molecule has 3 rings (SSSR count). The van der Waals surface area contributed by atoms with Gasteiger partial charge in [0.25, 0.3) is 5.69 Å². The molecule has 1 aliphatic heterocycles. The highest BCUT2D eigenvalue weighted by atomic mass is 16.6. The number of nitrogens with one attached hydrogen (secondary N) is 2. The second-order valence-electron chi connectivity index (χ2n) is 6.65. The van der Waals surface area contributed by atoms with Gasteiger partial charge < -0.3 is 14.4 Å². The monoisotopic (exact) mass is 385 g/mol. The number of hydrazone groups is 1. The van der Waals surface area contributed by atoms with Gasteiger partial charge >= 0.3 is 0 Å². The Labute approximate surface area is 163 Å². The SMILES string of the molecule is COc1ccc(/C(C)=N\Nc2ccccc2[N+](=O)[O-])cc1C[NH+]1CCOCC1. The van der Waals surface area contributed by atoms with Crippen LogP contribution in [-0.4, -0.2) is 44.0 Å². The molecular formula is C20H25N4O4+. The van der Waals surface area contributed by atoms with Crippen molar-refractivity contribution in [2.75, 3.05) is 38.8 Å². The predicted octanol–water partition coefficient (Wildman–Crippen LogP) is 1.85. The first-order valence-corrected chi connectivity index (χ1v) is 9.21. The molecule has 0 radical (unpaired) electrons. The third-order valence-corrected chi connectivity index (χ3v) is 4.78. The lowest BCUT2D eigenvalue weighted by molar-refractivity contribution is -0.921. The quantitative estimate of drug-likeness (QED) is 0.431. The first-order chi connectivity index (χ1) is 13.6. The van der Waals surface area contributed by atoms with Gasteiger partial charge in [0.2, 0.25) is 0 Å². The van der Waals surface area contributed by atoms with Gasteiger partial charge in [-0.2, -0.15) is 5.10 Å². The Balaban J connectivity index is 1.79. The van der Waals surface area contributed by atoms with Crippen LogP contribution in [0.4, 0.5) is 11.4 Å². The molecule has 0 bridgehead atoms. The second-order valence-corrected chi connectivity index (χ2v) is 6.65. The zero-order valence-electron chi connectivity index (χ0n) is 16.1. The normalized spacial score (nSPS) is 15.3. The van der Waals surface area contributed by atoms with Crippen LogP contribution in [0.1, 0.15) is 18.1 Å². The first kappa shape index (κ1) is 19.8. The van der Waals surface area contributed by atoms with Gasteiger partial charge in [-0.25, -0.2) is 0 Å². The van der Waals surface area contributed by atoms with E-state index in [-0.39, 0.29) is 5.69 Å². The molecule has 8 nitrogen and oxygen atoms in total. The van der Waals surface area contributed by atoms with E-state index in [1.165, 1.54) is 11.0 Å². The Morgan fingerprint density at radius 3 is 2.75 bits per heavy atom. The zero-order valence-corrected chi connectivity index (χ0v) is 16.1. The number of nitrogens with zero attached hydrogens (tertiary/aromatic N) is 2. The molecule has 0 atom stereocenters. The van der Waals surface area contributed by atoms with Gasteiger partial charge in [-0.15, -0.1) is 0 Å². The molecule has 148 valence electrons. The van der Waals surface area contributed by atoms with E-state index in [0.717, 1.165) is 55.4 Å². The van der Waals surface area contributed by atoms with Crippen LogP contribution in [0.2, 0.25) is 0 Å². The molecular weight excluding hydrogens is 360 g/mol. The van der Waals surface area contributed by atoms with Crippen LogP contribution in [0.3, 0.4) is 0 Å². The molecule has 2 N–H and O–H groups in total. The Hall–Kier alpha value is -2.97. The average molecular weight is 385 g/mol.